The Balaban J connectivity index is 1.92. The number of para-hydroxylation sites is 1. The highest BCUT2D eigenvalue weighted by Gasteiger charge is 2.14. The van der Waals surface area contributed by atoms with Crippen LogP contribution < -0.4 is 4.74 Å². The SMILES string of the molecule is N#Cc1c(-c2ccc(Oc3ccccc3)cc2)cnc(Cl)c1F. The number of halogens is 2. The van der Waals surface area contributed by atoms with Gasteiger partial charge in [0.2, 0.25) is 0 Å². The zero-order chi connectivity index (χ0) is 16.2. The molecule has 3 aromatic rings. The number of nitriles is 1. The van der Waals surface area contributed by atoms with Crippen LogP contribution in [0.1, 0.15) is 5.56 Å². The van der Waals surface area contributed by atoms with E-state index in [1.165, 1.54) is 6.20 Å². The molecule has 0 bridgehead atoms. The second kappa shape index (κ2) is 6.47. The van der Waals surface area contributed by atoms with Gasteiger partial charge in [-0.25, -0.2) is 9.37 Å². The first kappa shape index (κ1) is 15.0. The van der Waals surface area contributed by atoms with Crippen LogP contribution in [0, 0.1) is 17.1 Å². The molecule has 0 spiro atoms. The van der Waals surface area contributed by atoms with Crippen LogP contribution in [0.5, 0.6) is 11.5 Å². The summed E-state index contributed by atoms with van der Waals surface area (Å²) in [5, 5.41) is 8.82. The minimum absolute atomic E-state index is 0.123. The number of ether oxygens (including phenoxy) is 1. The highest BCUT2D eigenvalue weighted by atomic mass is 35.5. The Bertz CT molecular complexity index is 874. The van der Waals surface area contributed by atoms with Gasteiger partial charge in [0.25, 0.3) is 0 Å². The van der Waals surface area contributed by atoms with E-state index in [2.05, 4.69) is 4.98 Å². The third-order valence-corrected chi connectivity index (χ3v) is 3.50. The third-order valence-electron chi connectivity index (χ3n) is 3.23. The summed E-state index contributed by atoms with van der Waals surface area (Å²) in [7, 11) is 0. The van der Waals surface area contributed by atoms with Gasteiger partial charge in [0.15, 0.2) is 11.0 Å². The number of rotatable bonds is 3. The van der Waals surface area contributed by atoms with E-state index in [4.69, 9.17) is 21.6 Å². The fraction of sp³-hybridized carbons (Fsp3) is 0. The van der Waals surface area contributed by atoms with Crippen molar-refractivity contribution in [2.24, 2.45) is 0 Å². The molecule has 0 aliphatic rings. The van der Waals surface area contributed by atoms with Gasteiger partial charge in [0.05, 0.1) is 0 Å². The Morgan fingerprint density at radius 1 is 1.00 bits per heavy atom. The average molecular weight is 325 g/mol. The predicted molar refractivity (Wildman–Crippen MR) is 85.9 cm³/mol. The standard InChI is InChI=1S/C18H10ClFN2O/c19-18-17(20)15(10-21)16(11-22-18)12-6-8-14(9-7-12)23-13-4-2-1-3-5-13/h1-9,11H. The maximum Gasteiger partial charge on any atom is 0.178 e. The quantitative estimate of drug-likeness (QED) is 0.622. The van der Waals surface area contributed by atoms with E-state index in [0.29, 0.717) is 16.9 Å². The van der Waals surface area contributed by atoms with Gasteiger partial charge in [-0.2, -0.15) is 5.26 Å². The molecule has 3 rings (SSSR count). The Hall–Kier alpha value is -2.90. The number of benzene rings is 2. The van der Waals surface area contributed by atoms with E-state index >= 15 is 0 Å². The van der Waals surface area contributed by atoms with Gasteiger partial charge in [0, 0.05) is 11.8 Å². The van der Waals surface area contributed by atoms with Gasteiger partial charge in [-0.05, 0) is 29.8 Å². The predicted octanol–water partition coefficient (Wildman–Crippen LogP) is 5.21. The van der Waals surface area contributed by atoms with E-state index in [-0.39, 0.29) is 10.7 Å². The Morgan fingerprint density at radius 3 is 2.30 bits per heavy atom. The van der Waals surface area contributed by atoms with E-state index in [1.54, 1.807) is 24.3 Å². The summed E-state index contributed by atoms with van der Waals surface area (Å²) in [6.45, 7) is 0. The van der Waals surface area contributed by atoms with Crippen molar-refractivity contribution in [2.75, 3.05) is 0 Å². The van der Waals surface area contributed by atoms with Crippen LogP contribution >= 0.6 is 11.6 Å². The molecule has 3 nitrogen and oxygen atoms in total. The Kier molecular flexibility index (Phi) is 4.22. The highest BCUT2D eigenvalue weighted by Crippen LogP contribution is 2.30. The van der Waals surface area contributed by atoms with Gasteiger partial charge >= 0.3 is 0 Å². The van der Waals surface area contributed by atoms with Crippen molar-refractivity contribution < 1.29 is 9.13 Å². The molecule has 0 atom stereocenters. The highest BCUT2D eigenvalue weighted by molar-refractivity contribution is 6.29. The van der Waals surface area contributed by atoms with Gasteiger partial charge < -0.3 is 4.74 Å². The lowest BCUT2D eigenvalue weighted by Crippen LogP contribution is -1.94. The van der Waals surface area contributed by atoms with Crippen molar-refractivity contribution in [3.63, 3.8) is 0 Å². The van der Waals surface area contributed by atoms with E-state index in [9.17, 15) is 4.39 Å². The lowest BCUT2D eigenvalue weighted by atomic mass is 10.0. The smallest absolute Gasteiger partial charge is 0.178 e. The molecule has 112 valence electrons. The summed E-state index contributed by atoms with van der Waals surface area (Å²) < 4.78 is 19.6. The molecule has 0 aliphatic carbocycles. The summed E-state index contributed by atoms with van der Waals surface area (Å²) in [6, 6.07) is 18.2. The van der Waals surface area contributed by atoms with Crippen molar-refractivity contribution in [3.05, 3.63) is 77.3 Å². The van der Waals surface area contributed by atoms with Gasteiger partial charge in [-0.15, -0.1) is 0 Å². The fourth-order valence-electron chi connectivity index (χ4n) is 2.12. The summed E-state index contributed by atoms with van der Waals surface area (Å²) in [6.07, 6.45) is 1.39. The monoisotopic (exact) mass is 324 g/mol. The zero-order valence-corrected chi connectivity index (χ0v) is 12.6. The molecule has 0 fully saturated rings. The second-order valence-electron chi connectivity index (χ2n) is 4.70. The number of nitrogens with zero attached hydrogens (tertiary/aromatic N) is 2. The maximum atomic E-state index is 13.9. The molecular formula is C18H10ClFN2O. The topological polar surface area (TPSA) is 45.9 Å². The van der Waals surface area contributed by atoms with Gasteiger partial charge in [-0.3, -0.25) is 0 Å². The molecule has 0 unspecified atom stereocenters. The number of hydrogen-bond acceptors (Lipinski definition) is 3. The van der Waals surface area contributed by atoms with Crippen molar-refractivity contribution in [2.45, 2.75) is 0 Å². The molecule has 0 amide bonds. The van der Waals surface area contributed by atoms with Crippen molar-refractivity contribution in [3.8, 4) is 28.7 Å². The first-order valence-corrected chi connectivity index (χ1v) is 7.14. The van der Waals surface area contributed by atoms with E-state index in [1.807, 2.05) is 36.4 Å². The van der Waals surface area contributed by atoms with Gasteiger partial charge in [-0.1, -0.05) is 41.9 Å². The second-order valence-corrected chi connectivity index (χ2v) is 5.06. The minimum atomic E-state index is -0.809. The van der Waals surface area contributed by atoms with Crippen LogP contribution in [0.25, 0.3) is 11.1 Å². The molecule has 2 aromatic carbocycles. The van der Waals surface area contributed by atoms with Crippen LogP contribution in [0.4, 0.5) is 4.39 Å². The minimum Gasteiger partial charge on any atom is -0.457 e. The molecule has 0 N–H and O–H groups in total. The van der Waals surface area contributed by atoms with Crippen LogP contribution in [0.15, 0.2) is 60.8 Å². The molecular weight excluding hydrogens is 315 g/mol. The molecule has 0 saturated heterocycles. The molecule has 5 heteroatoms. The number of hydrogen-bond donors (Lipinski definition) is 0. The van der Waals surface area contributed by atoms with Crippen molar-refractivity contribution in [1.82, 2.24) is 4.98 Å². The molecule has 0 saturated carbocycles. The number of pyridine rings is 1. The van der Waals surface area contributed by atoms with E-state index in [0.717, 1.165) is 5.75 Å². The maximum absolute atomic E-state index is 13.9. The van der Waals surface area contributed by atoms with Crippen LogP contribution in [-0.2, 0) is 0 Å². The largest absolute Gasteiger partial charge is 0.457 e. The summed E-state index contributed by atoms with van der Waals surface area (Å²) in [4.78, 5) is 3.76. The molecule has 23 heavy (non-hydrogen) atoms. The van der Waals surface area contributed by atoms with Crippen molar-refractivity contribution >= 4 is 11.6 Å². The number of aromatic nitrogens is 1. The third kappa shape index (κ3) is 3.15. The molecule has 0 radical (unpaired) electrons. The van der Waals surface area contributed by atoms with Gasteiger partial charge in [0.1, 0.15) is 23.1 Å². The summed E-state index contributed by atoms with van der Waals surface area (Å²) in [5.41, 5.74) is 0.924. The zero-order valence-electron chi connectivity index (χ0n) is 11.8. The van der Waals surface area contributed by atoms with Crippen molar-refractivity contribution in [1.29, 1.82) is 5.26 Å². The normalized spacial score (nSPS) is 10.1. The van der Waals surface area contributed by atoms with Crippen LogP contribution in [-0.4, -0.2) is 4.98 Å². The summed E-state index contributed by atoms with van der Waals surface area (Å²) in [5.74, 6) is 0.550. The Morgan fingerprint density at radius 2 is 1.65 bits per heavy atom. The first-order valence-electron chi connectivity index (χ1n) is 6.76. The first-order chi connectivity index (χ1) is 11.2. The lowest BCUT2D eigenvalue weighted by Gasteiger charge is -2.08. The summed E-state index contributed by atoms with van der Waals surface area (Å²) >= 11 is 5.61. The lowest BCUT2D eigenvalue weighted by molar-refractivity contribution is 0.483. The average Bonchev–Trinajstić information content (AvgIpc) is 2.59. The van der Waals surface area contributed by atoms with Crippen LogP contribution in [0.3, 0.4) is 0 Å². The molecule has 0 aliphatic heterocycles. The van der Waals surface area contributed by atoms with E-state index < -0.39 is 5.82 Å². The fourth-order valence-corrected chi connectivity index (χ4v) is 2.26. The molecule has 1 heterocycles. The van der Waals surface area contributed by atoms with Crippen LogP contribution in [0.2, 0.25) is 5.15 Å². The Labute approximate surface area is 137 Å². The molecule has 1 aromatic heterocycles.